The Morgan fingerprint density at radius 1 is 1.10 bits per heavy atom. The molecule has 0 fully saturated rings. The average molecular weight is 400 g/mol. The molecule has 29 heavy (non-hydrogen) atoms. The Hall–Kier alpha value is -3.36. The smallest absolute Gasteiger partial charge is 0.412 e. The number of carbonyl (C=O) groups is 2. The van der Waals surface area contributed by atoms with Crippen molar-refractivity contribution in [3.63, 3.8) is 0 Å². The highest BCUT2D eigenvalue weighted by Gasteiger charge is 2.25. The van der Waals surface area contributed by atoms with Crippen molar-refractivity contribution in [1.82, 2.24) is 5.48 Å². The molecule has 0 saturated heterocycles. The van der Waals surface area contributed by atoms with Crippen LogP contribution in [0.1, 0.15) is 18.6 Å². The topological polar surface area (TPSA) is 117 Å². The highest BCUT2D eigenvalue weighted by atomic mass is 16.6. The molecule has 2 rings (SSSR count). The number of para-hydroxylation sites is 2. The maximum Gasteiger partial charge on any atom is 0.412 e. The fourth-order valence-electron chi connectivity index (χ4n) is 2.62. The van der Waals surface area contributed by atoms with Crippen molar-refractivity contribution in [3.05, 3.63) is 72.3 Å². The molecule has 0 bridgehead atoms. The van der Waals surface area contributed by atoms with Crippen LogP contribution >= 0.6 is 0 Å². The van der Waals surface area contributed by atoms with Gasteiger partial charge < -0.3 is 14.6 Å². The SMILES string of the molecule is C[C@H](/C=C/C(=O)NO)[C@H](OC(=O)Nc1ccccc1)c1ccccc1OCCO. The number of amides is 2. The molecular weight excluding hydrogens is 376 g/mol. The van der Waals surface area contributed by atoms with Crippen LogP contribution in [-0.2, 0) is 9.53 Å². The van der Waals surface area contributed by atoms with Gasteiger partial charge in [-0.2, -0.15) is 0 Å². The summed E-state index contributed by atoms with van der Waals surface area (Å²) in [6.07, 6.45) is 1.18. The summed E-state index contributed by atoms with van der Waals surface area (Å²) in [6, 6.07) is 15.8. The molecular formula is C21H24N2O6. The molecule has 4 N–H and O–H groups in total. The summed E-state index contributed by atoms with van der Waals surface area (Å²) in [7, 11) is 0. The van der Waals surface area contributed by atoms with E-state index >= 15 is 0 Å². The van der Waals surface area contributed by atoms with Crippen molar-refractivity contribution in [1.29, 1.82) is 0 Å². The fraction of sp³-hybridized carbons (Fsp3) is 0.238. The lowest BCUT2D eigenvalue weighted by molar-refractivity contribution is -0.124. The van der Waals surface area contributed by atoms with E-state index in [1.165, 1.54) is 11.6 Å². The van der Waals surface area contributed by atoms with Gasteiger partial charge in [-0.1, -0.05) is 49.4 Å². The molecule has 2 aromatic rings. The van der Waals surface area contributed by atoms with Crippen LogP contribution in [0.4, 0.5) is 10.5 Å². The van der Waals surface area contributed by atoms with Crippen molar-refractivity contribution in [2.75, 3.05) is 18.5 Å². The van der Waals surface area contributed by atoms with Gasteiger partial charge in [0.1, 0.15) is 18.5 Å². The highest BCUT2D eigenvalue weighted by Crippen LogP contribution is 2.34. The molecule has 0 heterocycles. The zero-order valence-electron chi connectivity index (χ0n) is 15.9. The third-order valence-electron chi connectivity index (χ3n) is 3.97. The van der Waals surface area contributed by atoms with Crippen molar-refractivity contribution < 1.29 is 29.4 Å². The van der Waals surface area contributed by atoms with Crippen LogP contribution in [0.25, 0.3) is 0 Å². The van der Waals surface area contributed by atoms with Gasteiger partial charge in [-0.3, -0.25) is 15.3 Å². The second-order valence-electron chi connectivity index (χ2n) is 6.12. The minimum absolute atomic E-state index is 0.0804. The summed E-state index contributed by atoms with van der Waals surface area (Å²) in [5, 5.41) is 20.4. The lowest BCUT2D eigenvalue weighted by atomic mass is 9.96. The van der Waals surface area contributed by atoms with Gasteiger partial charge in [0.2, 0.25) is 0 Å². The molecule has 8 heteroatoms. The van der Waals surface area contributed by atoms with E-state index in [-0.39, 0.29) is 13.2 Å². The number of nitrogens with one attached hydrogen (secondary N) is 2. The fourth-order valence-corrected chi connectivity index (χ4v) is 2.62. The molecule has 8 nitrogen and oxygen atoms in total. The molecule has 0 saturated carbocycles. The normalized spacial score (nSPS) is 12.8. The summed E-state index contributed by atoms with van der Waals surface area (Å²) in [5.74, 6) is -0.687. The minimum Gasteiger partial charge on any atom is -0.491 e. The van der Waals surface area contributed by atoms with Crippen molar-refractivity contribution in [2.24, 2.45) is 5.92 Å². The number of aliphatic hydroxyl groups is 1. The summed E-state index contributed by atoms with van der Waals surface area (Å²) in [6.45, 7) is 1.67. The van der Waals surface area contributed by atoms with Gasteiger partial charge in [0, 0.05) is 23.2 Å². The van der Waals surface area contributed by atoms with Gasteiger partial charge in [0.05, 0.1) is 6.61 Å². The Morgan fingerprint density at radius 2 is 1.79 bits per heavy atom. The van der Waals surface area contributed by atoms with Gasteiger partial charge in [-0.05, 0) is 18.2 Å². The van der Waals surface area contributed by atoms with E-state index < -0.39 is 24.0 Å². The molecule has 0 aliphatic heterocycles. The second kappa shape index (κ2) is 11.5. The molecule has 2 atom stereocenters. The number of benzene rings is 2. The number of aliphatic hydroxyl groups excluding tert-OH is 1. The number of hydrogen-bond donors (Lipinski definition) is 4. The standard InChI is InChI=1S/C21H24N2O6/c1-15(11-12-19(25)23-27)20(17-9-5-6-10-18(17)28-14-13-24)29-21(26)22-16-7-3-2-4-8-16/h2-12,15,20,24,27H,13-14H2,1H3,(H,22,26)(H,23,25)/b12-11+/t15-,20+/m1/s1. The molecule has 0 radical (unpaired) electrons. The molecule has 2 amide bonds. The number of hydrogen-bond acceptors (Lipinski definition) is 6. The van der Waals surface area contributed by atoms with Crippen LogP contribution in [0.5, 0.6) is 5.75 Å². The van der Waals surface area contributed by atoms with Gasteiger partial charge >= 0.3 is 6.09 Å². The van der Waals surface area contributed by atoms with Gasteiger partial charge in [0.15, 0.2) is 0 Å². The van der Waals surface area contributed by atoms with E-state index in [0.29, 0.717) is 17.0 Å². The van der Waals surface area contributed by atoms with Crippen molar-refractivity contribution >= 4 is 17.7 Å². The summed E-state index contributed by atoms with van der Waals surface area (Å²) in [5.41, 5.74) is 2.66. The van der Waals surface area contributed by atoms with E-state index in [0.717, 1.165) is 6.08 Å². The molecule has 0 spiro atoms. The first-order valence-corrected chi connectivity index (χ1v) is 9.02. The number of ether oxygens (including phenoxy) is 2. The number of anilines is 1. The minimum atomic E-state index is -0.795. The second-order valence-corrected chi connectivity index (χ2v) is 6.12. The van der Waals surface area contributed by atoms with Gasteiger partial charge in [-0.25, -0.2) is 10.3 Å². The van der Waals surface area contributed by atoms with E-state index in [2.05, 4.69) is 5.32 Å². The van der Waals surface area contributed by atoms with Crippen LogP contribution in [0.2, 0.25) is 0 Å². The zero-order chi connectivity index (χ0) is 21.1. The van der Waals surface area contributed by atoms with Crippen LogP contribution in [0, 0.1) is 5.92 Å². The Bertz CT molecular complexity index is 825. The molecule has 0 aliphatic carbocycles. The van der Waals surface area contributed by atoms with Crippen molar-refractivity contribution in [2.45, 2.75) is 13.0 Å². The monoisotopic (exact) mass is 400 g/mol. The highest BCUT2D eigenvalue weighted by molar-refractivity contribution is 5.86. The number of hydroxylamine groups is 1. The van der Waals surface area contributed by atoms with Crippen LogP contribution in [0.3, 0.4) is 0 Å². The van der Waals surface area contributed by atoms with E-state index in [1.807, 2.05) is 6.07 Å². The predicted molar refractivity (Wildman–Crippen MR) is 107 cm³/mol. The molecule has 0 unspecified atom stereocenters. The Morgan fingerprint density at radius 3 is 2.48 bits per heavy atom. The van der Waals surface area contributed by atoms with E-state index in [9.17, 15) is 9.59 Å². The molecule has 154 valence electrons. The first-order valence-electron chi connectivity index (χ1n) is 9.02. The van der Waals surface area contributed by atoms with E-state index in [4.69, 9.17) is 19.8 Å². The summed E-state index contributed by atoms with van der Waals surface area (Å²) in [4.78, 5) is 23.8. The van der Waals surface area contributed by atoms with Crippen LogP contribution < -0.4 is 15.5 Å². The van der Waals surface area contributed by atoms with Gasteiger partial charge in [0.25, 0.3) is 5.91 Å². The van der Waals surface area contributed by atoms with Gasteiger partial charge in [-0.15, -0.1) is 0 Å². The largest absolute Gasteiger partial charge is 0.491 e. The third kappa shape index (κ3) is 6.95. The average Bonchev–Trinajstić information content (AvgIpc) is 2.75. The maximum atomic E-state index is 12.5. The van der Waals surface area contributed by atoms with E-state index in [1.54, 1.807) is 55.5 Å². The Labute approximate surface area is 168 Å². The maximum absolute atomic E-state index is 12.5. The lowest BCUT2D eigenvalue weighted by Crippen LogP contribution is -2.22. The summed E-state index contributed by atoms with van der Waals surface area (Å²) >= 11 is 0. The molecule has 0 aromatic heterocycles. The quantitative estimate of drug-likeness (QED) is 0.292. The first-order chi connectivity index (χ1) is 14.0. The first kappa shape index (κ1) is 21.9. The zero-order valence-corrected chi connectivity index (χ0v) is 15.9. The van der Waals surface area contributed by atoms with Crippen molar-refractivity contribution in [3.8, 4) is 5.75 Å². The molecule has 2 aromatic carbocycles. The predicted octanol–water partition coefficient (Wildman–Crippen LogP) is 3.05. The lowest BCUT2D eigenvalue weighted by Gasteiger charge is -2.24. The number of carbonyl (C=O) groups excluding carboxylic acids is 2. The number of rotatable bonds is 9. The summed E-state index contributed by atoms with van der Waals surface area (Å²) < 4.78 is 11.2. The Balaban J connectivity index is 2.27. The third-order valence-corrected chi connectivity index (χ3v) is 3.97. The van der Waals surface area contributed by atoms with Crippen LogP contribution in [0.15, 0.2) is 66.7 Å². The van der Waals surface area contributed by atoms with Crippen LogP contribution in [-0.4, -0.2) is 35.5 Å². The molecule has 0 aliphatic rings. The Kier molecular flexibility index (Phi) is 8.68.